The first kappa shape index (κ1) is 12.7. The van der Waals surface area contributed by atoms with E-state index in [0.29, 0.717) is 5.56 Å². The maximum atomic E-state index is 13.8. The quantitative estimate of drug-likeness (QED) is 0.874. The summed E-state index contributed by atoms with van der Waals surface area (Å²) in [6.07, 6.45) is 0. The van der Waals surface area contributed by atoms with Crippen molar-refractivity contribution in [3.8, 4) is 0 Å². The van der Waals surface area contributed by atoms with Gasteiger partial charge in [-0.1, -0.05) is 36.4 Å². The first-order chi connectivity index (χ1) is 8.65. The largest absolute Gasteiger partial charge is 0.309 e. The highest BCUT2D eigenvalue weighted by Gasteiger charge is 2.19. The number of hydrogen-bond donors (Lipinski definition) is 1. The Morgan fingerprint density at radius 1 is 0.944 bits per heavy atom. The molecule has 0 spiro atoms. The average Bonchev–Trinajstić information content (AvgIpc) is 2.37. The summed E-state index contributed by atoms with van der Waals surface area (Å²) in [4.78, 5) is 0. The number of nitrogens with one attached hydrogen (secondary N) is 1. The van der Waals surface area contributed by atoms with Gasteiger partial charge < -0.3 is 5.32 Å². The second-order valence-electron chi connectivity index (χ2n) is 4.22. The Morgan fingerprint density at radius 3 is 2.28 bits per heavy atom. The first-order valence-corrected chi connectivity index (χ1v) is 5.82. The molecule has 0 aliphatic heterocycles. The minimum absolute atomic E-state index is 0.326. The molecule has 1 unspecified atom stereocenters. The molecular formula is C15H15F2N. The predicted molar refractivity (Wildman–Crippen MR) is 68.4 cm³/mol. The van der Waals surface area contributed by atoms with Gasteiger partial charge in [-0.25, -0.2) is 8.78 Å². The Kier molecular flexibility index (Phi) is 3.72. The van der Waals surface area contributed by atoms with Gasteiger partial charge in [-0.2, -0.15) is 0 Å². The molecule has 0 heterocycles. The predicted octanol–water partition coefficient (Wildman–Crippen LogP) is 3.58. The second kappa shape index (κ2) is 5.27. The molecule has 3 heteroatoms. The van der Waals surface area contributed by atoms with E-state index in [0.717, 1.165) is 17.2 Å². The lowest BCUT2D eigenvalue weighted by Gasteiger charge is -2.20. The lowest BCUT2D eigenvalue weighted by atomic mass is 9.95. The lowest BCUT2D eigenvalue weighted by molar-refractivity contribution is 0.487. The number of aryl methyl sites for hydroxylation is 1. The van der Waals surface area contributed by atoms with Crippen molar-refractivity contribution in [1.82, 2.24) is 5.32 Å². The third-order valence-electron chi connectivity index (χ3n) is 3.08. The molecule has 1 nitrogen and oxygen atoms in total. The van der Waals surface area contributed by atoms with Crippen molar-refractivity contribution in [2.75, 3.05) is 7.05 Å². The van der Waals surface area contributed by atoms with E-state index in [4.69, 9.17) is 0 Å². The highest BCUT2D eigenvalue weighted by atomic mass is 19.2. The summed E-state index contributed by atoms with van der Waals surface area (Å²) in [6, 6.07) is 11.6. The average molecular weight is 247 g/mol. The lowest BCUT2D eigenvalue weighted by Crippen LogP contribution is -2.20. The van der Waals surface area contributed by atoms with E-state index < -0.39 is 11.6 Å². The summed E-state index contributed by atoms with van der Waals surface area (Å²) in [5.74, 6) is -1.61. The summed E-state index contributed by atoms with van der Waals surface area (Å²) in [5.41, 5.74) is 2.32. The minimum Gasteiger partial charge on any atom is -0.309 e. The summed E-state index contributed by atoms with van der Waals surface area (Å²) in [7, 11) is 1.74. The number of rotatable bonds is 3. The fraction of sp³-hybridized carbons (Fsp3) is 0.200. The summed E-state index contributed by atoms with van der Waals surface area (Å²) < 4.78 is 27.1. The van der Waals surface area contributed by atoms with Gasteiger partial charge in [0, 0.05) is 5.56 Å². The minimum atomic E-state index is -0.818. The SMILES string of the molecule is CNC(c1ccccc1C)c1cccc(F)c1F. The van der Waals surface area contributed by atoms with Crippen molar-refractivity contribution >= 4 is 0 Å². The van der Waals surface area contributed by atoms with Crippen molar-refractivity contribution in [1.29, 1.82) is 0 Å². The van der Waals surface area contributed by atoms with Gasteiger partial charge in [0.2, 0.25) is 0 Å². The molecule has 2 aromatic rings. The maximum Gasteiger partial charge on any atom is 0.163 e. The van der Waals surface area contributed by atoms with Crippen molar-refractivity contribution in [2.24, 2.45) is 0 Å². The first-order valence-electron chi connectivity index (χ1n) is 5.82. The molecule has 94 valence electrons. The van der Waals surface area contributed by atoms with E-state index in [-0.39, 0.29) is 6.04 Å². The zero-order valence-corrected chi connectivity index (χ0v) is 10.4. The van der Waals surface area contributed by atoms with Gasteiger partial charge in [0.25, 0.3) is 0 Å². The molecule has 0 radical (unpaired) electrons. The van der Waals surface area contributed by atoms with Crippen LogP contribution in [0.5, 0.6) is 0 Å². The van der Waals surface area contributed by atoms with Crippen molar-refractivity contribution < 1.29 is 8.78 Å². The molecule has 0 saturated heterocycles. The zero-order chi connectivity index (χ0) is 13.1. The maximum absolute atomic E-state index is 13.8. The van der Waals surface area contributed by atoms with Crippen LogP contribution in [0.25, 0.3) is 0 Å². The third kappa shape index (κ3) is 2.27. The van der Waals surface area contributed by atoms with Crippen LogP contribution in [-0.2, 0) is 0 Å². The highest BCUT2D eigenvalue weighted by molar-refractivity contribution is 5.37. The van der Waals surface area contributed by atoms with E-state index in [9.17, 15) is 8.78 Å². The van der Waals surface area contributed by atoms with Gasteiger partial charge in [-0.3, -0.25) is 0 Å². The number of hydrogen-bond acceptors (Lipinski definition) is 1. The van der Waals surface area contributed by atoms with Crippen LogP contribution in [0.3, 0.4) is 0 Å². The van der Waals surface area contributed by atoms with Gasteiger partial charge in [0.1, 0.15) is 0 Å². The molecule has 0 amide bonds. The molecule has 1 atom stereocenters. The van der Waals surface area contributed by atoms with Gasteiger partial charge in [-0.15, -0.1) is 0 Å². The standard InChI is InChI=1S/C15H15F2N/c1-10-6-3-4-7-11(10)15(18-2)12-8-5-9-13(16)14(12)17/h3-9,15,18H,1-2H3. The third-order valence-corrected chi connectivity index (χ3v) is 3.08. The Balaban J connectivity index is 2.53. The Hall–Kier alpha value is -1.74. The van der Waals surface area contributed by atoms with E-state index in [2.05, 4.69) is 5.32 Å². The van der Waals surface area contributed by atoms with Crippen LogP contribution in [0.2, 0.25) is 0 Å². The molecule has 0 aromatic heterocycles. The van der Waals surface area contributed by atoms with Crippen LogP contribution >= 0.6 is 0 Å². The normalized spacial score (nSPS) is 12.4. The van der Waals surface area contributed by atoms with Crippen LogP contribution in [-0.4, -0.2) is 7.05 Å². The molecule has 0 fully saturated rings. The Bertz CT molecular complexity index is 552. The fourth-order valence-electron chi connectivity index (χ4n) is 2.13. The van der Waals surface area contributed by atoms with Gasteiger partial charge >= 0.3 is 0 Å². The van der Waals surface area contributed by atoms with Crippen LogP contribution in [0.1, 0.15) is 22.7 Å². The summed E-state index contributed by atoms with van der Waals surface area (Å²) in [6.45, 7) is 1.96. The molecule has 18 heavy (non-hydrogen) atoms. The molecule has 0 bridgehead atoms. The molecule has 1 N–H and O–H groups in total. The van der Waals surface area contributed by atoms with Crippen LogP contribution in [0.4, 0.5) is 8.78 Å². The van der Waals surface area contributed by atoms with Gasteiger partial charge in [0.05, 0.1) is 6.04 Å². The molecule has 2 rings (SSSR count). The smallest absolute Gasteiger partial charge is 0.163 e. The molecule has 0 aliphatic rings. The van der Waals surface area contributed by atoms with E-state index in [1.54, 1.807) is 13.1 Å². The van der Waals surface area contributed by atoms with Crippen LogP contribution in [0.15, 0.2) is 42.5 Å². The molecule has 2 aromatic carbocycles. The highest BCUT2D eigenvalue weighted by Crippen LogP contribution is 2.27. The van der Waals surface area contributed by atoms with Crippen molar-refractivity contribution in [3.05, 3.63) is 70.8 Å². The van der Waals surface area contributed by atoms with Crippen LogP contribution in [0, 0.1) is 18.6 Å². The molecule has 0 saturated carbocycles. The zero-order valence-electron chi connectivity index (χ0n) is 10.4. The number of benzene rings is 2. The Labute approximate surface area is 105 Å². The monoisotopic (exact) mass is 247 g/mol. The van der Waals surface area contributed by atoms with E-state index in [1.807, 2.05) is 31.2 Å². The van der Waals surface area contributed by atoms with E-state index in [1.165, 1.54) is 6.07 Å². The summed E-state index contributed by atoms with van der Waals surface area (Å²) in [5, 5.41) is 3.04. The summed E-state index contributed by atoms with van der Waals surface area (Å²) >= 11 is 0. The van der Waals surface area contributed by atoms with Crippen molar-refractivity contribution in [2.45, 2.75) is 13.0 Å². The fourth-order valence-corrected chi connectivity index (χ4v) is 2.13. The van der Waals surface area contributed by atoms with Crippen LogP contribution < -0.4 is 5.32 Å². The van der Waals surface area contributed by atoms with Gasteiger partial charge in [-0.05, 0) is 31.2 Å². The molecular weight excluding hydrogens is 232 g/mol. The van der Waals surface area contributed by atoms with Gasteiger partial charge in [0.15, 0.2) is 11.6 Å². The number of halogens is 2. The topological polar surface area (TPSA) is 12.0 Å². The molecule has 0 aliphatic carbocycles. The second-order valence-corrected chi connectivity index (χ2v) is 4.22. The Morgan fingerprint density at radius 2 is 1.61 bits per heavy atom. The van der Waals surface area contributed by atoms with Crippen molar-refractivity contribution in [3.63, 3.8) is 0 Å². The van der Waals surface area contributed by atoms with E-state index >= 15 is 0 Å².